The third-order valence-corrected chi connectivity index (χ3v) is 5.46. The van der Waals surface area contributed by atoms with Crippen molar-refractivity contribution in [2.75, 3.05) is 20.6 Å². The lowest BCUT2D eigenvalue weighted by atomic mass is 9.52. The molecule has 2 aliphatic heterocycles. The molecule has 22 heavy (non-hydrogen) atoms. The Labute approximate surface area is 140 Å². The van der Waals surface area contributed by atoms with Crippen molar-refractivity contribution in [2.24, 2.45) is 5.89 Å². The molecule has 2 heterocycles. The number of carbonyl (C=O) groups is 1. The van der Waals surface area contributed by atoms with E-state index in [-0.39, 0.29) is 42.9 Å². The van der Waals surface area contributed by atoms with Gasteiger partial charge in [0.15, 0.2) is 23.4 Å². The van der Waals surface area contributed by atoms with E-state index in [1.807, 2.05) is 0 Å². The molecule has 1 saturated heterocycles. The first-order chi connectivity index (χ1) is 13.4. The van der Waals surface area contributed by atoms with Crippen LogP contribution in [0, 0.1) is 5.89 Å². The lowest BCUT2D eigenvalue weighted by molar-refractivity contribution is -0.138. The molecule has 2 aliphatic carbocycles. The highest BCUT2D eigenvalue weighted by Crippen LogP contribution is 2.62. The molecule has 2 bridgehead atoms. The summed E-state index contributed by atoms with van der Waals surface area (Å²) in [6, 6.07) is 0.575. The number of hydrogen-bond acceptors (Lipinski definition) is 4. The van der Waals surface area contributed by atoms with Gasteiger partial charge in [-0.25, -0.2) is 0 Å². The summed E-state index contributed by atoms with van der Waals surface area (Å²) in [7, 11) is 1.44. The molecule has 4 aliphatic rings. The van der Waals surface area contributed by atoms with Crippen LogP contribution < -0.4 is 9.47 Å². The highest BCUT2D eigenvalue weighted by atomic mass is 16.5. The van der Waals surface area contributed by atoms with Crippen LogP contribution in [-0.4, -0.2) is 43.4 Å². The lowest BCUT2D eigenvalue weighted by Crippen LogP contribution is -2.65. The van der Waals surface area contributed by atoms with Crippen LogP contribution in [0.5, 0.6) is 11.5 Å². The summed E-state index contributed by atoms with van der Waals surface area (Å²) >= 11 is 0. The average Bonchev–Trinajstić information content (AvgIpc) is 2.98. The number of Topliss-reactive ketones (excluding diaryl/α,β-unsaturated/α-hetero) is 1. The van der Waals surface area contributed by atoms with Crippen LogP contribution in [0.4, 0.5) is 0 Å². The summed E-state index contributed by atoms with van der Waals surface area (Å²) in [5.41, 5.74) is -0.767. The van der Waals surface area contributed by atoms with Crippen molar-refractivity contribution in [1.29, 1.82) is 0 Å². The van der Waals surface area contributed by atoms with Crippen molar-refractivity contribution >= 4 is 5.78 Å². The second kappa shape index (κ2) is 4.05. The minimum atomic E-state index is -2.76. The van der Waals surface area contributed by atoms with Crippen LogP contribution in [-0.2, 0) is 16.6 Å². The molecule has 116 valence electrons. The van der Waals surface area contributed by atoms with Gasteiger partial charge in [0.25, 0.3) is 0 Å². The Balaban J connectivity index is 1.93. The maximum Gasteiger partial charge on any atom is 0.174 e. The number of piperidine rings is 1. The van der Waals surface area contributed by atoms with Crippen molar-refractivity contribution in [1.82, 2.24) is 4.90 Å². The predicted octanol–water partition coefficient (Wildman–Crippen LogP) is 1.93. The number of ketones is 1. The summed E-state index contributed by atoms with van der Waals surface area (Å²) in [6.45, 7) is -2.89. The van der Waals surface area contributed by atoms with E-state index in [1.165, 1.54) is 19.2 Å². The molecule has 0 radical (unpaired) electrons. The number of nitrogens with zero attached hydrogens (tertiary/aromatic N) is 1. The third-order valence-electron chi connectivity index (χ3n) is 5.46. The van der Waals surface area contributed by atoms with E-state index in [0.29, 0.717) is 11.3 Å². The fraction of sp³-hybridized carbons (Fsp3) is 0.611. The van der Waals surface area contributed by atoms with Crippen LogP contribution in [0.25, 0.3) is 0 Å². The molecule has 4 atom stereocenters. The number of hydrogen-bond donors (Lipinski definition) is 0. The Morgan fingerprint density at radius 3 is 3.32 bits per heavy atom. The first kappa shape index (κ1) is 7.82. The largest absolute Gasteiger partial charge is 0.493 e. The van der Waals surface area contributed by atoms with Crippen molar-refractivity contribution in [3.05, 3.63) is 23.3 Å². The van der Waals surface area contributed by atoms with Gasteiger partial charge in [-0.2, -0.15) is 0 Å². The minimum Gasteiger partial charge on any atom is -0.493 e. The van der Waals surface area contributed by atoms with Gasteiger partial charge in [-0.1, -0.05) is 6.07 Å². The van der Waals surface area contributed by atoms with E-state index in [4.69, 9.17) is 16.3 Å². The molecule has 1 aromatic rings. The number of methoxy groups -OCH3 is 1. The number of likely N-dealkylation sites (N-methyl/N-ethyl adjacent to an activating group) is 1. The maximum atomic E-state index is 12.9. The van der Waals surface area contributed by atoms with Crippen LogP contribution >= 0.6 is 0 Å². The van der Waals surface area contributed by atoms with Gasteiger partial charge in [-0.15, -0.1) is 0 Å². The highest BCUT2D eigenvalue weighted by Gasteiger charge is 2.65. The molecule has 0 aromatic heterocycles. The van der Waals surface area contributed by atoms with Gasteiger partial charge in [-0.05, 0) is 50.3 Å². The lowest BCUT2D eigenvalue weighted by Gasteiger charge is -2.57. The second-order valence-electron chi connectivity index (χ2n) is 6.31. The minimum absolute atomic E-state index is 0.0624. The van der Waals surface area contributed by atoms with E-state index in [2.05, 4.69) is 0 Å². The van der Waals surface area contributed by atoms with Crippen molar-refractivity contribution in [3.63, 3.8) is 0 Å². The Kier molecular flexibility index (Phi) is 1.44. The van der Waals surface area contributed by atoms with Crippen LogP contribution in [0.3, 0.4) is 0 Å². The summed E-state index contributed by atoms with van der Waals surface area (Å²) in [5, 5.41) is 0. The number of benzene rings is 1. The fourth-order valence-corrected chi connectivity index (χ4v) is 4.56. The van der Waals surface area contributed by atoms with E-state index in [1.54, 1.807) is 0 Å². The van der Waals surface area contributed by atoms with Crippen molar-refractivity contribution in [2.45, 2.75) is 43.2 Å². The third kappa shape index (κ3) is 1.27. The molecule has 4 heteroatoms. The first-order valence-corrected chi connectivity index (χ1v) is 7.57. The molecule has 4 nitrogen and oxygen atoms in total. The Morgan fingerprint density at radius 1 is 1.59 bits per heavy atom. The molecule has 2 fully saturated rings. The normalized spacial score (nSPS) is 52.7. The zero-order chi connectivity index (χ0) is 21.2. The SMILES string of the molecule is [2H]C([2H])([2H])N1CC[C@]23c4c5ccc(OC)c4OC2C(=O)CC[C@@]3([2H])[C@@]1([2H])C5([2H])[2H]. The van der Waals surface area contributed by atoms with Crippen LogP contribution in [0.15, 0.2) is 12.1 Å². The molecule has 1 aromatic carbocycles. The Morgan fingerprint density at radius 2 is 2.50 bits per heavy atom. The van der Waals surface area contributed by atoms with Crippen molar-refractivity contribution in [3.8, 4) is 11.5 Å². The maximum absolute atomic E-state index is 12.9. The number of carbonyl (C=O) groups excluding carboxylic acids is 1. The quantitative estimate of drug-likeness (QED) is 0.795. The topological polar surface area (TPSA) is 38.8 Å². The summed E-state index contributed by atoms with van der Waals surface area (Å²) < 4.78 is 71.9. The van der Waals surface area contributed by atoms with E-state index in [0.717, 1.165) is 4.90 Å². The molecule has 1 spiro atoms. The molecule has 0 N–H and O–H groups in total. The van der Waals surface area contributed by atoms with E-state index < -0.39 is 36.8 Å². The number of likely N-dealkylation sites (tertiary alicyclic amines) is 1. The van der Waals surface area contributed by atoms with E-state index >= 15 is 0 Å². The highest BCUT2D eigenvalue weighted by molar-refractivity contribution is 5.89. The zero-order valence-corrected chi connectivity index (χ0v) is 12.2. The number of ether oxygens (including phenoxy) is 2. The van der Waals surface area contributed by atoms with Gasteiger partial charge in [0.2, 0.25) is 0 Å². The molecule has 0 amide bonds. The van der Waals surface area contributed by atoms with Gasteiger partial charge < -0.3 is 14.4 Å². The van der Waals surface area contributed by atoms with E-state index in [9.17, 15) is 7.54 Å². The molecule has 1 unspecified atom stereocenters. The molecule has 1 saturated carbocycles. The standard InChI is InChI=1S/C18H21NO3/c1-19-8-7-18-11-4-5-13(20)17(18)22-16-14(21-2)6-3-10(15(16)18)9-12(11)19/h3,6,11-12,17H,4-5,7-9H2,1-2H3/t11-,12+,17?,18-/m0/s1/i1D3,9D2,11D,12D. The first-order valence-electron chi connectivity index (χ1n) is 11.1. The summed E-state index contributed by atoms with van der Waals surface area (Å²) in [6.07, 6.45) is -3.57. The van der Waals surface area contributed by atoms with Crippen LogP contribution in [0.2, 0.25) is 0 Å². The smallest absolute Gasteiger partial charge is 0.174 e. The van der Waals surface area contributed by atoms with Gasteiger partial charge >= 0.3 is 0 Å². The molecular formula is C18H21NO3. The predicted molar refractivity (Wildman–Crippen MR) is 81.6 cm³/mol. The Hall–Kier alpha value is -1.55. The fourth-order valence-electron chi connectivity index (χ4n) is 4.56. The molecular weight excluding hydrogens is 278 g/mol. The average molecular weight is 306 g/mol. The van der Waals surface area contributed by atoms with Crippen LogP contribution in [0.1, 0.15) is 40.0 Å². The van der Waals surface area contributed by atoms with Crippen molar-refractivity contribution < 1.29 is 23.9 Å². The Bertz CT molecular complexity index is 950. The van der Waals surface area contributed by atoms with Gasteiger partial charge in [-0.3, -0.25) is 4.79 Å². The monoisotopic (exact) mass is 306 g/mol. The second-order valence-corrected chi connectivity index (χ2v) is 6.31. The molecule has 5 rings (SSSR count). The zero-order valence-electron chi connectivity index (χ0n) is 19.2. The summed E-state index contributed by atoms with van der Waals surface area (Å²) in [5.74, 6) is -1.51. The van der Waals surface area contributed by atoms with Gasteiger partial charge in [0.1, 0.15) is 0 Å². The van der Waals surface area contributed by atoms with Gasteiger partial charge in [0.05, 0.1) is 7.11 Å². The summed E-state index contributed by atoms with van der Waals surface area (Å²) in [4.78, 5) is 13.7. The van der Waals surface area contributed by atoms with Gasteiger partial charge in [0, 0.05) is 33.0 Å². The number of rotatable bonds is 1.